The molecule has 0 saturated heterocycles. The fourth-order valence-electron chi connectivity index (χ4n) is 2.77. The van der Waals surface area contributed by atoms with Gasteiger partial charge in [0.15, 0.2) is 5.65 Å². The number of hydrogen-bond donors (Lipinski definition) is 2. The van der Waals surface area contributed by atoms with Crippen LogP contribution in [-0.4, -0.2) is 38.9 Å². The average Bonchev–Trinajstić information content (AvgIpc) is 2.80. The Morgan fingerprint density at radius 1 is 1.42 bits per heavy atom. The van der Waals surface area contributed by atoms with Gasteiger partial charge in [-0.05, 0) is 25.0 Å². The first-order valence-electron chi connectivity index (χ1n) is 6.60. The van der Waals surface area contributed by atoms with Crippen molar-refractivity contribution in [1.82, 2.24) is 19.8 Å². The molecule has 0 bridgehead atoms. The molecule has 2 aromatic heterocycles. The van der Waals surface area contributed by atoms with Crippen molar-refractivity contribution in [3.63, 3.8) is 0 Å². The summed E-state index contributed by atoms with van der Waals surface area (Å²) in [7, 11) is 1.98. The van der Waals surface area contributed by atoms with Crippen LogP contribution >= 0.6 is 0 Å². The maximum absolute atomic E-state index is 11.5. The highest BCUT2D eigenvalue weighted by atomic mass is 16.2. The second kappa shape index (κ2) is 4.65. The van der Waals surface area contributed by atoms with Crippen molar-refractivity contribution in [2.45, 2.75) is 37.8 Å². The molecule has 2 heterocycles. The molecule has 0 spiro atoms. The molecule has 1 aliphatic carbocycles. The molecule has 0 radical (unpaired) electrons. The summed E-state index contributed by atoms with van der Waals surface area (Å²) in [4.78, 5) is 13.6. The molecule has 1 aliphatic rings. The van der Waals surface area contributed by atoms with Gasteiger partial charge < -0.3 is 10.6 Å². The molecule has 102 valence electrons. The molecule has 7 nitrogen and oxygen atoms in total. The predicted molar refractivity (Wildman–Crippen MR) is 72.2 cm³/mol. The van der Waals surface area contributed by atoms with Crippen LogP contribution in [0.15, 0.2) is 16.9 Å². The van der Waals surface area contributed by atoms with Gasteiger partial charge in [0.1, 0.15) is 5.82 Å². The van der Waals surface area contributed by atoms with E-state index in [0.717, 1.165) is 18.7 Å². The smallest absolute Gasteiger partial charge is 0.354 e. The highest BCUT2D eigenvalue weighted by Crippen LogP contribution is 2.24. The number of hydrogen-bond acceptors (Lipinski definition) is 5. The molecule has 1 fully saturated rings. The topological polar surface area (TPSA) is 92.3 Å². The lowest BCUT2D eigenvalue weighted by Gasteiger charge is -2.36. The summed E-state index contributed by atoms with van der Waals surface area (Å²) in [5.41, 5.74) is 6.39. The van der Waals surface area contributed by atoms with Crippen molar-refractivity contribution in [1.29, 1.82) is 0 Å². The maximum Gasteiger partial charge on any atom is 0.364 e. The van der Waals surface area contributed by atoms with E-state index < -0.39 is 0 Å². The van der Waals surface area contributed by atoms with Gasteiger partial charge >= 0.3 is 5.69 Å². The zero-order valence-corrected chi connectivity index (χ0v) is 10.9. The molecular formula is C12H18N6O. The van der Waals surface area contributed by atoms with Gasteiger partial charge in [0.05, 0.1) is 0 Å². The summed E-state index contributed by atoms with van der Waals surface area (Å²) in [6, 6.07) is 4.10. The van der Waals surface area contributed by atoms with Gasteiger partial charge in [0.2, 0.25) is 0 Å². The molecule has 19 heavy (non-hydrogen) atoms. The van der Waals surface area contributed by atoms with E-state index in [9.17, 15) is 4.79 Å². The van der Waals surface area contributed by atoms with Crippen molar-refractivity contribution in [3.05, 3.63) is 22.6 Å². The van der Waals surface area contributed by atoms with Crippen molar-refractivity contribution in [3.8, 4) is 0 Å². The Morgan fingerprint density at radius 3 is 3.00 bits per heavy atom. The highest BCUT2D eigenvalue weighted by Gasteiger charge is 2.26. The SMILES string of the molecule is CN(c1ccc2n[nH]c(=O)n2n1)C1CCCCC1N. The van der Waals surface area contributed by atoms with Crippen LogP contribution in [0.5, 0.6) is 0 Å². The van der Waals surface area contributed by atoms with E-state index in [0.29, 0.717) is 5.65 Å². The van der Waals surface area contributed by atoms with Gasteiger partial charge in [-0.1, -0.05) is 12.8 Å². The van der Waals surface area contributed by atoms with E-state index in [1.54, 1.807) is 6.07 Å². The Hall–Kier alpha value is -1.89. The number of H-pyrrole nitrogens is 1. The molecule has 0 aromatic carbocycles. The van der Waals surface area contributed by atoms with Gasteiger partial charge in [-0.15, -0.1) is 5.10 Å². The molecule has 3 rings (SSSR count). The predicted octanol–water partition coefficient (Wildman–Crippen LogP) is 0.124. The van der Waals surface area contributed by atoms with Crippen molar-refractivity contribution < 1.29 is 0 Å². The molecule has 3 N–H and O–H groups in total. The van der Waals surface area contributed by atoms with Gasteiger partial charge in [-0.2, -0.15) is 9.61 Å². The zero-order chi connectivity index (χ0) is 13.4. The summed E-state index contributed by atoms with van der Waals surface area (Å²) in [6.07, 6.45) is 4.50. The first-order valence-corrected chi connectivity index (χ1v) is 6.60. The number of anilines is 1. The summed E-state index contributed by atoms with van der Waals surface area (Å²) in [5, 5.41) is 10.6. The second-order valence-corrected chi connectivity index (χ2v) is 5.12. The molecule has 7 heteroatoms. The fraction of sp³-hybridized carbons (Fsp3) is 0.583. The number of aromatic amines is 1. The number of nitrogens with two attached hydrogens (primary N) is 1. The zero-order valence-electron chi connectivity index (χ0n) is 10.9. The molecule has 2 aromatic rings. The minimum Gasteiger partial charge on any atom is -0.354 e. The van der Waals surface area contributed by atoms with E-state index in [1.165, 1.54) is 17.4 Å². The molecule has 2 atom stereocenters. The van der Waals surface area contributed by atoms with Gasteiger partial charge in [0.25, 0.3) is 0 Å². The quantitative estimate of drug-likeness (QED) is 0.802. The Balaban J connectivity index is 1.94. The van der Waals surface area contributed by atoms with Crippen LogP contribution in [0.3, 0.4) is 0 Å². The Labute approximate surface area is 110 Å². The van der Waals surface area contributed by atoms with E-state index in [4.69, 9.17) is 5.73 Å². The number of fused-ring (bicyclic) bond motifs is 1. The lowest BCUT2D eigenvalue weighted by atomic mass is 9.90. The molecular weight excluding hydrogens is 244 g/mol. The van der Waals surface area contributed by atoms with E-state index in [1.807, 2.05) is 13.1 Å². The monoisotopic (exact) mass is 262 g/mol. The second-order valence-electron chi connectivity index (χ2n) is 5.12. The van der Waals surface area contributed by atoms with Crippen LogP contribution < -0.4 is 16.3 Å². The number of likely N-dealkylation sites (N-methyl/N-ethyl adjacent to an activating group) is 1. The van der Waals surface area contributed by atoms with Crippen molar-refractivity contribution >= 4 is 11.5 Å². The van der Waals surface area contributed by atoms with E-state index in [-0.39, 0.29) is 17.8 Å². The molecule has 2 unspecified atom stereocenters. The van der Waals surface area contributed by atoms with Crippen molar-refractivity contribution in [2.75, 3.05) is 11.9 Å². The van der Waals surface area contributed by atoms with E-state index >= 15 is 0 Å². The normalized spacial score (nSPS) is 23.7. The maximum atomic E-state index is 11.5. The Kier molecular flexibility index (Phi) is 2.98. The number of nitrogens with one attached hydrogen (secondary N) is 1. The first kappa shape index (κ1) is 12.2. The number of nitrogens with zero attached hydrogens (tertiary/aromatic N) is 4. The minimum atomic E-state index is -0.321. The van der Waals surface area contributed by atoms with Gasteiger partial charge in [0, 0.05) is 19.1 Å². The summed E-state index contributed by atoms with van der Waals surface area (Å²) >= 11 is 0. The number of aromatic nitrogens is 4. The lowest BCUT2D eigenvalue weighted by molar-refractivity contribution is 0.372. The standard InChI is InChI=1S/C12H18N6O/c1-17(9-5-3-2-4-8(9)13)11-7-6-10-14-15-12(19)18(10)16-11/h6-9H,2-5,13H2,1H3,(H,15,19). The first-order chi connectivity index (χ1) is 9.16. The van der Waals surface area contributed by atoms with Crippen LogP contribution in [0.25, 0.3) is 5.65 Å². The van der Waals surface area contributed by atoms with Crippen LogP contribution in [0.2, 0.25) is 0 Å². The average molecular weight is 262 g/mol. The highest BCUT2D eigenvalue weighted by molar-refractivity contribution is 5.45. The van der Waals surface area contributed by atoms with Crippen LogP contribution in [0.4, 0.5) is 5.82 Å². The molecule has 0 amide bonds. The van der Waals surface area contributed by atoms with Gasteiger partial charge in [-0.3, -0.25) is 0 Å². The fourth-order valence-corrected chi connectivity index (χ4v) is 2.77. The Morgan fingerprint density at radius 2 is 2.21 bits per heavy atom. The third-order valence-electron chi connectivity index (χ3n) is 3.90. The third-order valence-corrected chi connectivity index (χ3v) is 3.90. The number of rotatable bonds is 2. The lowest BCUT2D eigenvalue weighted by Crippen LogP contribution is -2.48. The van der Waals surface area contributed by atoms with Crippen LogP contribution in [0, 0.1) is 0 Å². The summed E-state index contributed by atoms with van der Waals surface area (Å²) in [6.45, 7) is 0. The third kappa shape index (κ3) is 2.10. The summed E-state index contributed by atoms with van der Waals surface area (Å²) < 4.78 is 1.28. The van der Waals surface area contributed by atoms with Crippen LogP contribution in [0.1, 0.15) is 25.7 Å². The summed E-state index contributed by atoms with van der Waals surface area (Å²) in [5.74, 6) is 0.748. The molecule has 0 aliphatic heterocycles. The largest absolute Gasteiger partial charge is 0.364 e. The Bertz CT molecular complexity index is 632. The van der Waals surface area contributed by atoms with E-state index in [2.05, 4.69) is 20.2 Å². The molecule has 1 saturated carbocycles. The van der Waals surface area contributed by atoms with Crippen molar-refractivity contribution in [2.24, 2.45) is 5.73 Å². The van der Waals surface area contributed by atoms with Crippen LogP contribution in [-0.2, 0) is 0 Å². The van der Waals surface area contributed by atoms with Gasteiger partial charge in [-0.25, -0.2) is 9.89 Å². The minimum absolute atomic E-state index is 0.164.